The summed E-state index contributed by atoms with van der Waals surface area (Å²) in [4.78, 5) is 3.57. The molecule has 2 rings (SSSR count). The highest BCUT2D eigenvalue weighted by atomic mass is 19.4. The van der Waals surface area contributed by atoms with E-state index in [4.69, 9.17) is 5.26 Å². The Labute approximate surface area is 115 Å². The van der Waals surface area contributed by atoms with Crippen molar-refractivity contribution in [3.05, 3.63) is 23.4 Å². The lowest BCUT2D eigenvalue weighted by molar-refractivity contribution is -0.141. The number of hydrogen-bond acceptors (Lipinski definition) is 3. The fourth-order valence-electron chi connectivity index (χ4n) is 2.51. The van der Waals surface area contributed by atoms with Crippen molar-refractivity contribution in [2.75, 3.05) is 5.32 Å². The smallest absolute Gasteiger partial charge is 0.365 e. The minimum absolute atomic E-state index is 0.00553. The van der Waals surface area contributed by atoms with E-state index in [1.165, 1.54) is 0 Å². The Kier molecular flexibility index (Phi) is 3.01. The predicted octanol–water partition coefficient (Wildman–Crippen LogP) is 3.82. The average molecular weight is 283 g/mol. The third-order valence-electron chi connectivity index (χ3n) is 4.61. The van der Waals surface area contributed by atoms with Crippen molar-refractivity contribution < 1.29 is 13.2 Å². The molecule has 0 amide bonds. The molecule has 1 aliphatic carbocycles. The Morgan fingerprint density at radius 3 is 2.15 bits per heavy atom. The minimum Gasteiger partial charge on any atom is -0.365 e. The van der Waals surface area contributed by atoms with Gasteiger partial charge in [-0.05, 0) is 23.0 Å². The van der Waals surface area contributed by atoms with Crippen LogP contribution in [-0.2, 0) is 6.18 Å². The van der Waals surface area contributed by atoms with E-state index in [1.54, 1.807) is 0 Å². The van der Waals surface area contributed by atoms with Gasteiger partial charge in [0, 0.05) is 6.04 Å². The van der Waals surface area contributed by atoms with Crippen molar-refractivity contribution in [2.45, 2.75) is 39.9 Å². The first-order chi connectivity index (χ1) is 9.01. The number of nitrogens with one attached hydrogen (secondary N) is 1. The topological polar surface area (TPSA) is 48.7 Å². The first-order valence-electron chi connectivity index (χ1n) is 6.26. The van der Waals surface area contributed by atoms with Crippen LogP contribution in [0.2, 0.25) is 0 Å². The first-order valence-corrected chi connectivity index (χ1v) is 6.26. The van der Waals surface area contributed by atoms with E-state index in [-0.39, 0.29) is 28.3 Å². The van der Waals surface area contributed by atoms with Gasteiger partial charge in [-0.3, -0.25) is 0 Å². The van der Waals surface area contributed by atoms with Crippen LogP contribution in [0, 0.1) is 22.2 Å². The second kappa shape index (κ2) is 4.11. The number of pyridine rings is 1. The van der Waals surface area contributed by atoms with Gasteiger partial charge in [0.25, 0.3) is 0 Å². The molecule has 1 aliphatic rings. The molecule has 0 aliphatic heterocycles. The van der Waals surface area contributed by atoms with Crippen LogP contribution in [0.1, 0.15) is 39.0 Å². The van der Waals surface area contributed by atoms with Crippen LogP contribution in [0.15, 0.2) is 12.1 Å². The largest absolute Gasteiger partial charge is 0.433 e. The number of rotatable bonds is 2. The Morgan fingerprint density at radius 2 is 1.75 bits per heavy atom. The molecule has 0 radical (unpaired) electrons. The van der Waals surface area contributed by atoms with Gasteiger partial charge in [0.2, 0.25) is 0 Å². The van der Waals surface area contributed by atoms with Gasteiger partial charge in [-0.1, -0.05) is 27.7 Å². The summed E-state index contributed by atoms with van der Waals surface area (Å²) in [5.74, 6) is 0.00553. The van der Waals surface area contributed by atoms with Gasteiger partial charge in [0.05, 0.1) is 5.56 Å². The molecular weight excluding hydrogens is 267 g/mol. The number of hydrogen-bond donors (Lipinski definition) is 1. The van der Waals surface area contributed by atoms with Crippen LogP contribution in [0.3, 0.4) is 0 Å². The summed E-state index contributed by atoms with van der Waals surface area (Å²) in [6.45, 7) is 8.13. The van der Waals surface area contributed by atoms with Gasteiger partial charge in [-0.2, -0.15) is 18.4 Å². The fourth-order valence-corrected chi connectivity index (χ4v) is 2.51. The molecule has 20 heavy (non-hydrogen) atoms. The molecule has 0 unspecified atom stereocenters. The van der Waals surface area contributed by atoms with Gasteiger partial charge in [0.1, 0.15) is 17.6 Å². The molecule has 0 bridgehead atoms. The molecular formula is C14H16F3N3. The average Bonchev–Trinajstić information content (AvgIpc) is 2.70. The summed E-state index contributed by atoms with van der Waals surface area (Å²) in [6.07, 6.45) is -4.51. The summed E-state index contributed by atoms with van der Waals surface area (Å²) in [7, 11) is 0. The molecule has 1 aromatic rings. The van der Waals surface area contributed by atoms with Crippen molar-refractivity contribution in [1.29, 1.82) is 5.26 Å². The van der Waals surface area contributed by atoms with Crippen LogP contribution < -0.4 is 5.32 Å². The van der Waals surface area contributed by atoms with Crippen LogP contribution in [0.4, 0.5) is 19.0 Å². The van der Waals surface area contributed by atoms with Crippen LogP contribution in [0.5, 0.6) is 0 Å². The molecule has 0 spiro atoms. The summed E-state index contributed by atoms with van der Waals surface area (Å²) < 4.78 is 38.1. The Hall–Kier alpha value is -1.77. The third-order valence-corrected chi connectivity index (χ3v) is 4.61. The summed E-state index contributed by atoms with van der Waals surface area (Å²) in [5, 5.41) is 12.0. The van der Waals surface area contributed by atoms with Gasteiger partial charge in [-0.25, -0.2) is 4.98 Å². The van der Waals surface area contributed by atoms with Crippen molar-refractivity contribution in [1.82, 2.24) is 4.98 Å². The van der Waals surface area contributed by atoms with Gasteiger partial charge < -0.3 is 5.32 Å². The molecule has 1 fully saturated rings. The third kappa shape index (κ3) is 2.11. The monoisotopic (exact) mass is 283 g/mol. The molecule has 1 saturated carbocycles. The fraction of sp³-hybridized carbons (Fsp3) is 0.571. The molecule has 0 aromatic carbocycles. The molecule has 108 valence electrons. The van der Waals surface area contributed by atoms with E-state index in [0.29, 0.717) is 0 Å². The van der Waals surface area contributed by atoms with E-state index in [1.807, 2.05) is 33.8 Å². The SMILES string of the molecule is CC1(C)C(Nc2nc(C(F)(F)F)ccc2C#N)C1(C)C. The maximum Gasteiger partial charge on any atom is 0.433 e. The van der Waals surface area contributed by atoms with Gasteiger partial charge >= 0.3 is 6.18 Å². The van der Waals surface area contributed by atoms with E-state index in [0.717, 1.165) is 12.1 Å². The maximum absolute atomic E-state index is 12.7. The zero-order valence-electron chi connectivity index (χ0n) is 11.8. The van der Waals surface area contributed by atoms with Crippen molar-refractivity contribution >= 4 is 5.82 Å². The Morgan fingerprint density at radius 1 is 1.20 bits per heavy atom. The second-order valence-electron chi connectivity index (χ2n) is 6.22. The molecule has 0 atom stereocenters. The standard InChI is InChI=1S/C14H16F3N3/c1-12(2)11(13(12,3)4)20-10-8(7-18)5-6-9(19-10)14(15,16)17/h5-6,11H,1-4H3,(H,19,20). The quantitative estimate of drug-likeness (QED) is 0.897. The molecule has 1 aromatic heterocycles. The van der Waals surface area contributed by atoms with Crippen molar-refractivity contribution in [3.8, 4) is 6.07 Å². The molecule has 6 heteroatoms. The van der Waals surface area contributed by atoms with Crippen molar-refractivity contribution in [3.63, 3.8) is 0 Å². The highest BCUT2D eigenvalue weighted by Gasteiger charge is 2.65. The van der Waals surface area contributed by atoms with Gasteiger partial charge in [-0.15, -0.1) is 0 Å². The zero-order valence-corrected chi connectivity index (χ0v) is 11.8. The van der Waals surface area contributed by atoms with E-state index < -0.39 is 11.9 Å². The minimum atomic E-state index is -4.51. The number of nitrogens with zero attached hydrogens (tertiary/aromatic N) is 2. The summed E-state index contributed by atoms with van der Waals surface area (Å²) in [5.41, 5.74) is -0.988. The normalized spacial score (nSPS) is 20.3. The number of alkyl halides is 3. The predicted molar refractivity (Wildman–Crippen MR) is 68.9 cm³/mol. The molecule has 1 heterocycles. The lowest BCUT2D eigenvalue weighted by Crippen LogP contribution is -2.16. The number of aromatic nitrogens is 1. The lowest BCUT2D eigenvalue weighted by atomic mass is 10.0. The summed E-state index contributed by atoms with van der Waals surface area (Å²) >= 11 is 0. The van der Waals surface area contributed by atoms with E-state index in [9.17, 15) is 13.2 Å². The molecule has 3 nitrogen and oxygen atoms in total. The van der Waals surface area contributed by atoms with Crippen LogP contribution >= 0.6 is 0 Å². The van der Waals surface area contributed by atoms with E-state index in [2.05, 4.69) is 10.3 Å². The number of halogens is 3. The molecule has 1 N–H and O–H groups in total. The van der Waals surface area contributed by atoms with Crippen LogP contribution in [-0.4, -0.2) is 11.0 Å². The highest BCUT2D eigenvalue weighted by molar-refractivity contribution is 5.55. The lowest BCUT2D eigenvalue weighted by Gasteiger charge is -2.12. The van der Waals surface area contributed by atoms with Gasteiger partial charge in [0.15, 0.2) is 0 Å². The highest BCUT2D eigenvalue weighted by Crippen LogP contribution is 2.63. The zero-order chi connectivity index (χ0) is 15.3. The van der Waals surface area contributed by atoms with E-state index >= 15 is 0 Å². The summed E-state index contributed by atoms with van der Waals surface area (Å²) in [6, 6.07) is 3.83. The number of anilines is 1. The van der Waals surface area contributed by atoms with Crippen molar-refractivity contribution in [2.24, 2.45) is 10.8 Å². The second-order valence-corrected chi connectivity index (χ2v) is 6.22. The Bertz CT molecular complexity index is 568. The first kappa shape index (κ1) is 14.6. The maximum atomic E-state index is 12.7. The van der Waals surface area contributed by atoms with Crippen LogP contribution in [0.25, 0.3) is 0 Å². The Balaban J connectivity index is 2.35. The molecule has 0 saturated heterocycles. The number of nitriles is 1.